The number of benzene rings is 2. The first-order chi connectivity index (χ1) is 9.76. The summed E-state index contributed by atoms with van der Waals surface area (Å²) in [5.74, 6) is 0.810. The minimum atomic E-state index is 0.171. The van der Waals surface area contributed by atoms with Crippen LogP contribution in [-0.2, 0) is 0 Å². The fourth-order valence-corrected chi connectivity index (χ4v) is 2.63. The summed E-state index contributed by atoms with van der Waals surface area (Å²) < 4.78 is 0. The molecule has 1 unspecified atom stereocenters. The minimum Gasteiger partial charge on any atom is -0.377 e. The van der Waals surface area contributed by atoms with E-state index >= 15 is 0 Å². The molecule has 104 valence electrons. The lowest BCUT2D eigenvalue weighted by Crippen LogP contribution is -2.20. The molecule has 2 nitrogen and oxygen atoms in total. The highest BCUT2D eigenvalue weighted by Crippen LogP contribution is 2.40. The number of aryl methyl sites for hydroxylation is 1. The van der Waals surface area contributed by atoms with Gasteiger partial charge in [0.2, 0.25) is 0 Å². The van der Waals surface area contributed by atoms with Crippen molar-refractivity contribution in [3.63, 3.8) is 0 Å². The topological polar surface area (TPSA) is 38.0 Å². The molecule has 3 rings (SSSR count). The summed E-state index contributed by atoms with van der Waals surface area (Å²) >= 11 is 0. The quantitative estimate of drug-likeness (QED) is 0.859. The number of nitrogens with two attached hydrogens (primary N) is 1. The van der Waals surface area contributed by atoms with E-state index in [0.29, 0.717) is 6.54 Å². The summed E-state index contributed by atoms with van der Waals surface area (Å²) in [5, 5.41) is 3.53. The zero-order valence-corrected chi connectivity index (χ0v) is 12.0. The van der Waals surface area contributed by atoms with Crippen LogP contribution in [0, 0.1) is 6.92 Å². The summed E-state index contributed by atoms with van der Waals surface area (Å²) in [7, 11) is 0. The average Bonchev–Trinajstić information content (AvgIpc) is 3.30. The van der Waals surface area contributed by atoms with E-state index in [4.69, 9.17) is 5.73 Å². The third-order valence-corrected chi connectivity index (χ3v) is 3.98. The van der Waals surface area contributed by atoms with Gasteiger partial charge in [0.25, 0.3) is 0 Å². The Morgan fingerprint density at radius 1 is 1.15 bits per heavy atom. The third kappa shape index (κ3) is 3.02. The van der Waals surface area contributed by atoms with Crippen LogP contribution in [0.5, 0.6) is 0 Å². The largest absolute Gasteiger partial charge is 0.377 e. The van der Waals surface area contributed by atoms with Gasteiger partial charge in [-0.1, -0.05) is 36.4 Å². The van der Waals surface area contributed by atoms with Crippen LogP contribution in [0.25, 0.3) is 0 Å². The zero-order valence-electron chi connectivity index (χ0n) is 12.0. The van der Waals surface area contributed by atoms with E-state index in [2.05, 4.69) is 60.8 Å². The average molecular weight is 266 g/mol. The Morgan fingerprint density at radius 2 is 1.90 bits per heavy atom. The van der Waals surface area contributed by atoms with Gasteiger partial charge in [0, 0.05) is 12.2 Å². The molecular formula is C18H22N2. The molecule has 2 aromatic rings. The first-order valence-electron chi connectivity index (χ1n) is 7.39. The second-order valence-electron chi connectivity index (χ2n) is 5.74. The molecule has 1 aliphatic carbocycles. The second kappa shape index (κ2) is 5.68. The zero-order chi connectivity index (χ0) is 13.9. The van der Waals surface area contributed by atoms with Crippen molar-refractivity contribution in [3.05, 3.63) is 65.2 Å². The van der Waals surface area contributed by atoms with Gasteiger partial charge in [-0.05, 0) is 54.5 Å². The summed E-state index contributed by atoms with van der Waals surface area (Å²) in [5.41, 5.74) is 11.1. The van der Waals surface area contributed by atoms with Crippen molar-refractivity contribution < 1.29 is 0 Å². The smallest absolute Gasteiger partial charge is 0.0636 e. The molecule has 0 bridgehead atoms. The second-order valence-corrected chi connectivity index (χ2v) is 5.74. The standard InChI is InChI=1S/C18H22N2/c1-13-3-2-4-17(11-13)20-18(12-19)16-9-7-15(8-10-16)14-5-6-14/h2-4,7-11,14,18,20H,5-6,12,19H2,1H3. The molecule has 0 amide bonds. The molecule has 0 heterocycles. The lowest BCUT2D eigenvalue weighted by atomic mass is 10.0. The summed E-state index contributed by atoms with van der Waals surface area (Å²) in [4.78, 5) is 0. The molecule has 0 radical (unpaired) electrons. The molecule has 0 aromatic heterocycles. The van der Waals surface area contributed by atoms with Gasteiger partial charge < -0.3 is 11.1 Å². The van der Waals surface area contributed by atoms with Crippen molar-refractivity contribution in [1.82, 2.24) is 0 Å². The Bertz CT molecular complexity index is 570. The van der Waals surface area contributed by atoms with E-state index in [-0.39, 0.29) is 6.04 Å². The first kappa shape index (κ1) is 13.2. The van der Waals surface area contributed by atoms with E-state index < -0.39 is 0 Å². The fourth-order valence-electron chi connectivity index (χ4n) is 2.63. The maximum atomic E-state index is 5.94. The summed E-state index contributed by atoms with van der Waals surface area (Å²) in [6, 6.07) is 17.5. The Balaban J connectivity index is 1.75. The highest BCUT2D eigenvalue weighted by Gasteiger charge is 2.23. The van der Waals surface area contributed by atoms with Crippen LogP contribution >= 0.6 is 0 Å². The molecule has 1 atom stereocenters. The lowest BCUT2D eigenvalue weighted by Gasteiger charge is -2.19. The van der Waals surface area contributed by atoms with Gasteiger partial charge in [-0.2, -0.15) is 0 Å². The monoisotopic (exact) mass is 266 g/mol. The maximum Gasteiger partial charge on any atom is 0.0636 e. The molecule has 0 aliphatic heterocycles. The van der Waals surface area contributed by atoms with Crippen LogP contribution in [-0.4, -0.2) is 6.54 Å². The molecule has 0 spiro atoms. The van der Waals surface area contributed by atoms with Crippen LogP contribution in [0.15, 0.2) is 48.5 Å². The van der Waals surface area contributed by atoms with Gasteiger partial charge in [0.1, 0.15) is 0 Å². The van der Waals surface area contributed by atoms with Crippen LogP contribution in [0.2, 0.25) is 0 Å². The van der Waals surface area contributed by atoms with E-state index in [1.165, 1.54) is 29.5 Å². The van der Waals surface area contributed by atoms with Crippen molar-refractivity contribution >= 4 is 5.69 Å². The van der Waals surface area contributed by atoms with E-state index in [1.807, 2.05) is 0 Å². The lowest BCUT2D eigenvalue weighted by molar-refractivity contribution is 0.789. The minimum absolute atomic E-state index is 0.171. The third-order valence-electron chi connectivity index (χ3n) is 3.98. The first-order valence-corrected chi connectivity index (χ1v) is 7.39. The van der Waals surface area contributed by atoms with Crippen molar-refractivity contribution in [2.75, 3.05) is 11.9 Å². The number of hydrogen-bond donors (Lipinski definition) is 2. The van der Waals surface area contributed by atoms with Crippen LogP contribution in [0.1, 0.15) is 41.5 Å². The van der Waals surface area contributed by atoms with E-state index in [0.717, 1.165) is 11.6 Å². The molecule has 0 saturated heterocycles. The number of anilines is 1. The maximum absolute atomic E-state index is 5.94. The number of nitrogens with one attached hydrogen (secondary N) is 1. The molecule has 1 saturated carbocycles. The van der Waals surface area contributed by atoms with Crippen molar-refractivity contribution in [1.29, 1.82) is 0 Å². The van der Waals surface area contributed by atoms with Gasteiger partial charge >= 0.3 is 0 Å². The van der Waals surface area contributed by atoms with Gasteiger partial charge in [-0.15, -0.1) is 0 Å². The molecular weight excluding hydrogens is 244 g/mol. The summed E-state index contributed by atoms with van der Waals surface area (Å²) in [6.07, 6.45) is 2.70. The molecule has 2 aromatic carbocycles. The number of hydrogen-bond acceptors (Lipinski definition) is 2. The predicted octanol–water partition coefficient (Wildman–Crippen LogP) is 3.98. The van der Waals surface area contributed by atoms with E-state index in [1.54, 1.807) is 0 Å². The van der Waals surface area contributed by atoms with Crippen LogP contribution in [0.3, 0.4) is 0 Å². The molecule has 1 aliphatic rings. The Hall–Kier alpha value is -1.80. The Labute approximate surface area is 121 Å². The molecule has 2 heteroatoms. The predicted molar refractivity (Wildman–Crippen MR) is 85.0 cm³/mol. The van der Waals surface area contributed by atoms with Gasteiger partial charge in [-0.25, -0.2) is 0 Å². The molecule has 3 N–H and O–H groups in total. The Morgan fingerprint density at radius 3 is 2.50 bits per heavy atom. The van der Waals surface area contributed by atoms with Crippen LogP contribution < -0.4 is 11.1 Å². The highest BCUT2D eigenvalue weighted by atomic mass is 14.9. The van der Waals surface area contributed by atoms with Gasteiger partial charge in [-0.3, -0.25) is 0 Å². The normalized spacial score (nSPS) is 15.9. The highest BCUT2D eigenvalue weighted by molar-refractivity contribution is 5.48. The fraction of sp³-hybridized carbons (Fsp3) is 0.333. The van der Waals surface area contributed by atoms with Crippen LogP contribution in [0.4, 0.5) is 5.69 Å². The van der Waals surface area contributed by atoms with E-state index in [9.17, 15) is 0 Å². The molecule has 20 heavy (non-hydrogen) atoms. The Kier molecular flexibility index (Phi) is 3.75. The van der Waals surface area contributed by atoms with Crippen molar-refractivity contribution in [2.45, 2.75) is 31.7 Å². The number of rotatable bonds is 5. The van der Waals surface area contributed by atoms with Gasteiger partial charge in [0.15, 0.2) is 0 Å². The van der Waals surface area contributed by atoms with Crippen molar-refractivity contribution in [3.8, 4) is 0 Å². The SMILES string of the molecule is Cc1cccc(NC(CN)c2ccc(C3CC3)cc2)c1. The van der Waals surface area contributed by atoms with Crippen molar-refractivity contribution in [2.24, 2.45) is 5.73 Å². The van der Waals surface area contributed by atoms with Gasteiger partial charge in [0.05, 0.1) is 6.04 Å². The summed E-state index contributed by atoms with van der Waals surface area (Å²) in [6.45, 7) is 2.70. The molecule has 1 fully saturated rings.